The zero-order chi connectivity index (χ0) is 11.5. The Labute approximate surface area is 105 Å². The summed E-state index contributed by atoms with van der Waals surface area (Å²) in [6.07, 6.45) is 1.65. The number of carbonyl (C=O) groups excluding carboxylic acids is 1. The van der Waals surface area contributed by atoms with Gasteiger partial charge in [0, 0.05) is 24.0 Å². The molecule has 0 aliphatic carbocycles. The van der Waals surface area contributed by atoms with Crippen LogP contribution in [0.25, 0.3) is 0 Å². The predicted octanol–water partition coefficient (Wildman–Crippen LogP) is 3.00. The first-order chi connectivity index (χ1) is 7.72. The maximum atomic E-state index is 12.0. The number of hydrogen-bond acceptors (Lipinski definition) is 1. The summed E-state index contributed by atoms with van der Waals surface area (Å²) in [6, 6.07) is 8.22. The third kappa shape index (κ3) is 2.29. The van der Waals surface area contributed by atoms with Gasteiger partial charge in [0.1, 0.15) is 0 Å². The molecule has 1 unspecified atom stereocenters. The van der Waals surface area contributed by atoms with Crippen LogP contribution in [0.1, 0.15) is 18.9 Å². The van der Waals surface area contributed by atoms with Crippen LogP contribution in [0, 0.1) is 5.92 Å². The molecule has 1 aliphatic rings. The van der Waals surface area contributed by atoms with Gasteiger partial charge in [-0.2, -0.15) is 0 Å². The van der Waals surface area contributed by atoms with Crippen LogP contribution in [-0.2, 0) is 11.2 Å². The van der Waals surface area contributed by atoms with E-state index in [0.29, 0.717) is 12.3 Å². The lowest BCUT2D eigenvalue weighted by atomic mass is 9.94. The highest BCUT2D eigenvalue weighted by Crippen LogP contribution is 2.29. The lowest BCUT2D eigenvalue weighted by molar-refractivity contribution is -0.118. The van der Waals surface area contributed by atoms with Crippen LogP contribution < -0.4 is 4.90 Å². The molecule has 1 aromatic rings. The van der Waals surface area contributed by atoms with E-state index in [0.717, 1.165) is 24.0 Å². The van der Waals surface area contributed by atoms with Gasteiger partial charge in [-0.25, -0.2) is 0 Å². The largest absolute Gasteiger partial charge is 0.312 e. The molecule has 1 heterocycles. The SMILES string of the molecule is CC1Cc2ccccc2N(C(=O)CCBr)C1. The lowest BCUT2D eigenvalue weighted by Crippen LogP contribution is -2.39. The Morgan fingerprint density at radius 2 is 2.25 bits per heavy atom. The standard InChI is InChI=1S/C13H16BrNO/c1-10-8-11-4-2-3-5-12(11)15(9-10)13(16)6-7-14/h2-5,10H,6-9H2,1H3. The van der Waals surface area contributed by atoms with Crippen molar-refractivity contribution in [2.75, 3.05) is 16.8 Å². The summed E-state index contributed by atoms with van der Waals surface area (Å²) in [5.41, 5.74) is 2.40. The highest BCUT2D eigenvalue weighted by Gasteiger charge is 2.25. The van der Waals surface area contributed by atoms with E-state index in [4.69, 9.17) is 0 Å². The van der Waals surface area contributed by atoms with Gasteiger partial charge in [0.2, 0.25) is 5.91 Å². The van der Waals surface area contributed by atoms with E-state index in [-0.39, 0.29) is 5.91 Å². The summed E-state index contributed by atoms with van der Waals surface area (Å²) in [5.74, 6) is 0.769. The number of para-hydroxylation sites is 1. The second-order valence-electron chi connectivity index (χ2n) is 4.38. The third-order valence-electron chi connectivity index (χ3n) is 2.95. The van der Waals surface area contributed by atoms with Crippen LogP contribution in [0.5, 0.6) is 0 Å². The number of fused-ring (bicyclic) bond motifs is 1. The zero-order valence-electron chi connectivity index (χ0n) is 9.45. The molecule has 0 fully saturated rings. The number of benzene rings is 1. The molecular weight excluding hydrogens is 266 g/mol. The van der Waals surface area contributed by atoms with Gasteiger partial charge in [-0.3, -0.25) is 4.79 Å². The number of carbonyl (C=O) groups is 1. The van der Waals surface area contributed by atoms with E-state index < -0.39 is 0 Å². The van der Waals surface area contributed by atoms with Crippen LogP contribution >= 0.6 is 15.9 Å². The summed E-state index contributed by atoms with van der Waals surface area (Å²) in [5, 5.41) is 0.735. The molecule has 0 saturated carbocycles. The maximum absolute atomic E-state index is 12.0. The third-order valence-corrected chi connectivity index (χ3v) is 3.35. The van der Waals surface area contributed by atoms with Crippen molar-refractivity contribution in [2.24, 2.45) is 5.92 Å². The Morgan fingerprint density at radius 3 is 3.00 bits per heavy atom. The Balaban J connectivity index is 2.30. The second-order valence-corrected chi connectivity index (χ2v) is 5.17. The Kier molecular flexibility index (Phi) is 3.64. The van der Waals surface area contributed by atoms with E-state index in [9.17, 15) is 4.79 Å². The molecule has 0 aromatic heterocycles. The van der Waals surface area contributed by atoms with Crippen molar-refractivity contribution in [1.29, 1.82) is 0 Å². The van der Waals surface area contributed by atoms with Gasteiger partial charge in [-0.05, 0) is 24.0 Å². The molecule has 16 heavy (non-hydrogen) atoms. The minimum atomic E-state index is 0.218. The van der Waals surface area contributed by atoms with Gasteiger partial charge in [0.05, 0.1) is 0 Å². The molecular formula is C13H16BrNO. The summed E-state index contributed by atoms with van der Waals surface area (Å²) in [6.45, 7) is 3.05. The van der Waals surface area contributed by atoms with Gasteiger partial charge < -0.3 is 4.90 Å². The fourth-order valence-corrected chi connectivity index (χ4v) is 2.59. The Morgan fingerprint density at radius 1 is 1.50 bits per heavy atom. The van der Waals surface area contributed by atoms with Crippen molar-refractivity contribution >= 4 is 27.5 Å². The van der Waals surface area contributed by atoms with Crippen LogP contribution in [-0.4, -0.2) is 17.8 Å². The molecule has 2 rings (SSSR count). The highest BCUT2D eigenvalue weighted by molar-refractivity contribution is 9.09. The number of anilines is 1. The van der Waals surface area contributed by atoms with Crippen molar-refractivity contribution < 1.29 is 4.79 Å². The Bertz CT molecular complexity index is 391. The quantitative estimate of drug-likeness (QED) is 0.764. The van der Waals surface area contributed by atoms with Gasteiger partial charge in [-0.1, -0.05) is 41.1 Å². The van der Waals surface area contributed by atoms with E-state index in [1.54, 1.807) is 0 Å². The van der Waals surface area contributed by atoms with Crippen LogP contribution in [0.3, 0.4) is 0 Å². The molecule has 1 atom stereocenters. The first-order valence-corrected chi connectivity index (χ1v) is 6.78. The van der Waals surface area contributed by atoms with Crippen molar-refractivity contribution in [1.82, 2.24) is 0 Å². The maximum Gasteiger partial charge on any atom is 0.227 e. The average molecular weight is 282 g/mol. The molecule has 2 nitrogen and oxygen atoms in total. The minimum absolute atomic E-state index is 0.218. The molecule has 0 spiro atoms. The summed E-state index contributed by atoms with van der Waals surface area (Å²) >= 11 is 3.32. The van der Waals surface area contributed by atoms with E-state index in [2.05, 4.69) is 28.9 Å². The molecule has 1 aromatic carbocycles. The normalized spacial score (nSPS) is 19.4. The average Bonchev–Trinajstić information content (AvgIpc) is 2.28. The molecule has 3 heteroatoms. The van der Waals surface area contributed by atoms with Crippen molar-refractivity contribution in [2.45, 2.75) is 19.8 Å². The smallest absolute Gasteiger partial charge is 0.227 e. The first kappa shape index (κ1) is 11.6. The molecule has 0 radical (unpaired) electrons. The topological polar surface area (TPSA) is 20.3 Å². The summed E-state index contributed by atoms with van der Waals surface area (Å²) < 4.78 is 0. The Hall–Kier alpha value is -0.830. The summed E-state index contributed by atoms with van der Waals surface area (Å²) in [4.78, 5) is 13.9. The van der Waals surface area contributed by atoms with Gasteiger partial charge >= 0.3 is 0 Å². The molecule has 86 valence electrons. The van der Waals surface area contributed by atoms with Gasteiger partial charge in [0.25, 0.3) is 0 Å². The van der Waals surface area contributed by atoms with Crippen LogP contribution in [0.4, 0.5) is 5.69 Å². The molecule has 1 aliphatic heterocycles. The first-order valence-electron chi connectivity index (χ1n) is 5.66. The van der Waals surface area contributed by atoms with E-state index >= 15 is 0 Å². The number of rotatable bonds is 2. The fourth-order valence-electron chi connectivity index (χ4n) is 2.25. The van der Waals surface area contributed by atoms with Crippen molar-refractivity contribution in [3.8, 4) is 0 Å². The molecule has 0 saturated heterocycles. The number of hydrogen-bond donors (Lipinski definition) is 0. The van der Waals surface area contributed by atoms with Crippen LogP contribution in [0.15, 0.2) is 24.3 Å². The van der Waals surface area contributed by atoms with Gasteiger partial charge in [0.15, 0.2) is 0 Å². The second kappa shape index (κ2) is 5.00. The number of amides is 1. The van der Waals surface area contributed by atoms with Crippen LogP contribution in [0.2, 0.25) is 0 Å². The minimum Gasteiger partial charge on any atom is -0.312 e. The monoisotopic (exact) mass is 281 g/mol. The summed E-state index contributed by atoms with van der Waals surface area (Å²) in [7, 11) is 0. The van der Waals surface area contributed by atoms with E-state index in [1.807, 2.05) is 23.1 Å². The number of halogens is 1. The highest BCUT2D eigenvalue weighted by atomic mass is 79.9. The fraction of sp³-hybridized carbons (Fsp3) is 0.462. The molecule has 0 bridgehead atoms. The zero-order valence-corrected chi connectivity index (χ0v) is 11.0. The number of nitrogens with zero attached hydrogens (tertiary/aromatic N) is 1. The molecule has 1 amide bonds. The van der Waals surface area contributed by atoms with Crippen molar-refractivity contribution in [3.63, 3.8) is 0 Å². The number of alkyl halides is 1. The molecule has 0 N–H and O–H groups in total. The lowest BCUT2D eigenvalue weighted by Gasteiger charge is -2.33. The van der Waals surface area contributed by atoms with Gasteiger partial charge in [-0.15, -0.1) is 0 Å². The van der Waals surface area contributed by atoms with Crippen molar-refractivity contribution in [3.05, 3.63) is 29.8 Å². The van der Waals surface area contributed by atoms with E-state index in [1.165, 1.54) is 5.56 Å². The predicted molar refractivity (Wildman–Crippen MR) is 70.1 cm³/mol.